The lowest BCUT2D eigenvalue weighted by molar-refractivity contribution is -0.384. The molecule has 28 heavy (non-hydrogen) atoms. The number of carbonyl (C=O) groups excluding carboxylic acids is 1. The molecule has 0 aliphatic carbocycles. The molecule has 0 bridgehead atoms. The molecule has 0 unspecified atom stereocenters. The van der Waals surface area contributed by atoms with Gasteiger partial charge in [0.15, 0.2) is 0 Å². The Hall–Kier alpha value is -3.22. The molecule has 2 aromatic rings. The maximum atomic E-state index is 12.1. The third kappa shape index (κ3) is 7.19. The van der Waals surface area contributed by atoms with Gasteiger partial charge in [0, 0.05) is 17.7 Å². The van der Waals surface area contributed by atoms with Gasteiger partial charge in [-0.15, -0.1) is 0 Å². The number of amides is 1. The number of hydrazone groups is 1. The van der Waals surface area contributed by atoms with E-state index in [4.69, 9.17) is 4.74 Å². The summed E-state index contributed by atoms with van der Waals surface area (Å²) in [6.45, 7) is 2.87. The van der Waals surface area contributed by atoms with Crippen LogP contribution in [0.2, 0.25) is 0 Å². The van der Waals surface area contributed by atoms with Gasteiger partial charge in [-0.25, -0.2) is 5.43 Å². The third-order valence-corrected chi connectivity index (χ3v) is 4.12. The molecule has 1 amide bonds. The van der Waals surface area contributed by atoms with Crippen molar-refractivity contribution >= 4 is 17.8 Å². The molecule has 1 N–H and O–H groups in total. The highest BCUT2D eigenvalue weighted by Gasteiger charge is 2.05. The lowest BCUT2D eigenvalue weighted by atomic mass is 10.2. The van der Waals surface area contributed by atoms with Crippen LogP contribution >= 0.6 is 0 Å². The Kier molecular flexibility index (Phi) is 8.65. The van der Waals surface area contributed by atoms with Crippen LogP contribution in [0.4, 0.5) is 5.69 Å². The van der Waals surface area contributed by atoms with Crippen molar-refractivity contribution in [2.75, 3.05) is 6.61 Å². The first kappa shape index (κ1) is 21.1. The molecular weight excluding hydrogens is 358 g/mol. The minimum Gasteiger partial charge on any atom is -0.494 e. The summed E-state index contributed by atoms with van der Waals surface area (Å²) in [5, 5.41) is 14.5. The van der Waals surface area contributed by atoms with Crippen LogP contribution in [0.1, 0.15) is 54.9 Å². The average molecular weight is 383 g/mol. The van der Waals surface area contributed by atoms with Crippen molar-refractivity contribution in [3.05, 3.63) is 69.8 Å². The largest absolute Gasteiger partial charge is 0.494 e. The maximum absolute atomic E-state index is 12.1. The number of non-ortho nitro benzene ring substituents is 1. The first-order chi connectivity index (χ1) is 13.6. The van der Waals surface area contributed by atoms with Crippen molar-refractivity contribution in [1.29, 1.82) is 0 Å². The minimum absolute atomic E-state index is 0.00412. The summed E-state index contributed by atoms with van der Waals surface area (Å²) in [5.74, 6) is 0.394. The van der Waals surface area contributed by atoms with E-state index in [2.05, 4.69) is 17.5 Å². The molecule has 0 saturated carbocycles. The Morgan fingerprint density at radius 2 is 1.75 bits per heavy atom. The Morgan fingerprint density at radius 3 is 2.39 bits per heavy atom. The lowest BCUT2D eigenvalue weighted by Crippen LogP contribution is -2.17. The number of hydrogen-bond donors (Lipinski definition) is 1. The van der Waals surface area contributed by atoms with Gasteiger partial charge in [-0.2, -0.15) is 5.10 Å². The highest BCUT2D eigenvalue weighted by Crippen LogP contribution is 2.13. The number of ether oxygens (including phenoxy) is 1. The molecule has 0 fully saturated rings. The molecule has 0 atom stereocenters. The monoisotopic (exact) mass is 383 g/mol. The predicted octanol–water partition coefficient (Wildman–Crippen LogP) is 4.71. The van der Waals surface area contributed by atoms with Crippen molar-refractivity contribution < 1.29 is 14.5 Å². The molecule has 2 rings (SSSR count). The molecule has 0 aliphatic rings. The summed E-state index contributed by atoms with van der Waals surface area (Å²) in [6, 6.07) is 12.8. The third-order valence-electron chi connectivity index (χ3n) is 4.12. The highest BCUT2D eigenvalue weighted by molar-refractivity contribution is 5.95. The van der Waals surface area contributed by atoms with Gasteiger partial charge in [0.25, 0.3) is 11.6 Å². The van der Waals surface area contributed by atoms with E-state index < -0.39 is 4.92 Å². The predicted molar refractivity (Wildman–Crippen MR) is 109 cm³/mol. The van der Waals surface area contributed by atoms with E-state index in [0.717, 1.165) is 12.2 Å². The molecule has 7 nitrogen and oxygen atoms in total. The van der Waals surface area contributed by atoms with Crippen molar-refractivity contribution in [3.63, 3.8) is 0 Å². The Bertz CT molecular complexity index is 786. The molecule has 0 heterocycles. The van der Waals surface area contributed by atoms with E-state index in [1.54, 1.807) is 36.4 Å². The second-order valence-electron chi connectivity index (χ2n) is 6.33. The number of rotatable bonds is 11. The number of nitro groups is 1. The fourth-order valence-electron chi connectivity index (χ4n) is 2.51. The van der Waals surface area contributed by atoms with Crippen LogP contribution in [0, 0.1) is 10.1 Å². The number of hydrogen-bond acceptors (Lipinski definition) is 5. The summed E-state index contributed by atoms with van der Waals surface area (Å²) < 4.78 is 5.68. The van der Waals surface area contributed by atoms with Gasteiger partial charge >= 0.3 is 0 Å². The molecular formula is C21H25N3O4. The van der Waals surface area contributed by atoms with Gasteiger partial charge in [0.1, 0.15) is 5.75 Å². The Morgan fingerprint density at radius 1 is 1.07 bits per heavy atom. The highest BCUT2D eigenvalue weighted by atomic mass is 16.6. The van der Waals surface area contributed by atoms with Gasteiger partial charge in [0.2, 0.25) is 0 Å². The average Bonchev–Trinajstić information content (AvgIpc) is 2.71. The van der Waals surface area contributed by atoms with Crippen molar-refractivity contribution in [1.82, 2.24) is 5.43 Å². The van der Waals surface area contributed by atoms with Crippen molar-refractivity contribution in [2.45, 2.75) is 39.0 Å². The summed E-state index contributed by atoms with van der Waals surface area (Å²) in [7, 11) is 0. The van der Waals surface area contributed by atoms with Crippen LogP contribution in [-0.2, 0) is 0 Å². The second-order valence-corrected chi connectivity index (χ2v) is 6.33. The standard InChI is InChI=1S/C21H25N3O4/c1-2-3-4-5-6-15-28-20-13-9-18(10-14-20)21(25)23-22-16-17-7-11-19(12-8-17)24(26)27/h7-14,16H,2-6,15H2,1H3,(H,23,25). The minimum atomic E-state index is -0.470. The number of unbranched alkanes of at least 4 members (excludes halogenated alkanes) is 4. The van der Waals surface area contributed by atoms with E-state index in [0.29, 0.717) is 17.7 Å². The van der Waals surface area contributed by atoms with Gasteiger partial charge in [0.05, 0.1) is 17.7 Å². The number of nitrogens with zero attached hydrogens (tertiary/aromatic N) is 2. The zero-order valence-corrected chi connectivity index (χ0v) is 16.0. The molecule has 0 aliphatic heterocycles. The van der Waals surface area contributed by atoms with Crippen LogP contribution in [0.3, 0.4) is 0 Å². The lowest BCUT2D eigenvalue weighted by Gasteiger charge is -2.07. The van der Waals surface area contributed by atoms with Crippen LogP contribution in [0.25, 0.3) is 0 Å². The number of nitro benzene ring substituents is 1. The molecule has 0 spiro atoms. The first-order valence-electron chi connectivity index (χ1n) is 9.41. The summed E-state index contributed by atoms with van der Waals surface area (Å²) in [4.78, 5) is 22.2. The Balaban J connectivity index is 1.76. The molecule has 0 saturated heterocycles. The van der Waals surface area contributed by atoms with E-state index in [9.17, 15) is 14.9 Å². The number of nitrogens with one attached hydrogen (secondary N) is 1. The van der Waals surface area contributed by atoms with Gasteiger partial charge in [-0.05, 0) is 48.4 Å². The molecule has 0 radical (unpaired) electrons. The van der Waals surface area contributed by atoms with Crippen LogP contribution in [-0.4, -0.2) is 23.7 Å². The van der Waals surface area contributed by atoms with E-state index >= 15 is 0 Å². The topological polar surface area (TPSA) is 93.8 Å². The molecule has 2 aromatic carbocycles. The summed E-state index contributed by atoms with van der Waals surface area (Å²) >= 11 is 0. The van der Waals surface area contributed by atoms with Crippen molar-refractivity contribution in [3.8, 4) is 5.75 Å². The smallest absolute Gasteiger partial charge is 0.271 e. The van der Waals surface area contributed by atoms with Crippen LogP contribution in [0.5, 0.6) is 5.75 Å². The van der Waals surface area contributed by atoms with E-state index in [-0.39, 0.29) is 11.6 Å². The van der Waals surface area contributed by atoms with Crippen LogP contribution < -0.4 is 10.2 Å². The quantitative estimate of drug-likeness (QED) is 0.263. The number of benzene rings is 2. The molecule has 148 valence electrons. The van der Waals surface area contributed by atoms with E-state index in [1.807, 2.05) is 0 Å². The Labute approximate surface area is 164 Å². The van der Waals surface area contributed by atoms with Gasteiger partial charge in [-0.1, -0.05) is 32.6 Å². The zero-order chi connectivity index (χ0) is 20.2. The fraction of sp³-hybridized carbons (Fsp3) is 0.333. The maximum Gasteiger partial charge on any atom is 0.271 e. The second kappa shape index (κ2) is 11.5. The van der Waals surface area contributed by atoms with Crippen LogP contribution in [0.15, 0.2) is 53.6 Å². The SMILES string of the molecule is CCCCCCCOc1ccc(C(=O)NN=Cc2ccc([N+](=O)[O-])cc2)cc1. The zero-order valence-electron chi connectivity index (χ0n) is 16.0. The fourth-order valence-corrected chi connectivity index (χ4v) is 2.51. The molecule has 0 aromatic heterocycles. The normalized spacial score (nSPS) is 10.8. The summed E-state index contributed by atoms with van der Waals surface area (Å²) in [5.41, 5.74) is 3.55. The molecule has 7 heteroatoms. The van der Waals surface area contributed by atoms with Gasteiger partial charge < -0.3 is 4.74 Å². The van der Waals surface area contributed by atoms with Crippen molar-refractivity contribution in [2.24, 2.45) is 5.10 Å². The summed E-state index contributed by atoms with van der Waals surface area (Å²) in [6.07, 6.45) is 7.34. The van der Waals surface area contributed by atoms with E-state index in [1.165, 1.54) is 44.0 Å². The number of carbonyl (C=O) groups is 1. The first-order valence-corrected chi connectivity index (χ1v) is 9.41. The van der Waals surface area contributed by atoms with Gasteiger partial charge in [-0.3, -0.25) is 14.9 Å².